The number of hydrogen-bond donors (Lipinski definition) is 1. The van der Waals surface area contributed by atoms with Crippen LogP contribution in [0.5, 0.6) is 0 Å². The monoisotopic (exact) mass is 247 g/mol. The molecular formula is C16H25NO. The molecule has 0 radical (unpaired) electrons. The van der Waals surface area contributed by atoms with Gasteiger partial charge in [-0.05, 0) is 31.7 Å². The summed E-state index contributed by atoms with van der Waals surface area (Å²) in [6.07, 6.45) is 0.963. The molecule has 0 spiro atoms. The molecule has 1 N–H and O–H groups in total. The number of carbonyl (C=O) groups excluding carboxylic acids is 1. The van der Waals surface area contributed by atoms with Crippen molar-refractivity contribution >= 4 is 5.91 Å². The minimum absolute atomic E-state index is 0.0559. The molecule has 18 heavy (non-hydrogen) atoms. The predicted molar refractivity (Wildman–Crippen MR) is 76.7 cm³/mol. The maximum absolute atomic E-state index is 12.3. The zero-order valence-electron chi connectivity index (χ0n) is 12.2. The Morgan fingerprint density at radius 3 is 2.17 bits per heavy atom. The Hall–Kier alpha value is -1.31. The molecule has 2 heteroatoms. The molecule has 0 saturated heterocycles. The highest BCUT2D eigenvalue weighted by Gasteiger charge is 2.24. The van der Waals surface area contributed by atoms with Crippen molar-refractivity contribution in [3.63, 3.8) is 0 Å². The van der Waals surface area contributed by atoms with E-state index in [1.807, 2.05) is 6.92 Å². The molecule has 0 aromatic heterocycles. The first-order valence-corrected chi connectivity index (χ1v) is 6.82. The van der Waals surface area contributed by atoms with E-state index in [4.69, 9.17) is 0 Å². The van der Waals surface area contributed by atoms with E-state index in [1.54, 1.807) is 0 Å². The summed E-state index contributed by atoms with van der Waals surface area (Å²) >= 11 is 0. The third kappa shape index (κ3) is 3.86. The minimum Gasteiger partial charge on any atom is -0.353 e. The SMILES string of the molecule is CCC(C)NC(=O)C(c1ccc(C)cc1)C(C)C. The fraction of sp³-hybridized carbons (Fsp3) is 0.562. The Kier molecular flexibility index (Phi) is 5.39. The van der Waals surface area contributed by atoms with Gasteiger partial charge in [-0.3, -0.25) is 4.79 Å². The maximum atomic E-state index is 12.3. The molecule has 100 valence electrons. The van der Waals surface area contributed by atoms with Crippen LogP contribution in [-0.2, 0) is 4.79 Å². The van der Waals surface area contributed by atoms with Crippen molar-refractivity contribution in [3.05, 3.63) is 35.4 Å². The Balaban J connectivity index is 2.89. The van der Waals surface area contributed by atoms with Crippen LogP contribution in [0.25, 0.3) is 0 Å². The number of benzene rings is 1. The summed E-state index contributed by atoms with van der Waals surface area (Å²) in [5.41, 5.74) is 2.33. The molecule has 0 aliphatic rings. The molecular weight excluding hydrogens is 222 g/mol. The minimum atomic E-state index is -0.0559. The van der Waals surface area contributed by atoms with Gasteiger partial charge in [0, 0.05) is 6.04 Å². The summed E-state index contributed by atoms with van der Waals surface area (Å²) in [6.45, 7) is 10.4. The second-order valence-corrected chi connectivity index (χ2v) is 5.45. The van der Waals surface area contributed by atoms with E-state index in [1.165, 1.54) is 5.56 Å². The van der Waals surface area contributed by atoms with Crippen molar-refractivity contribution < 1.29 is 4.79 Å². The van der Waals surface area contributed by atoms with Crippen molar-refractivity contribution in [2.45, 2.75) is 53.0 Å². The quantitative estimate of drug-likeness (QED) is 0.845. The zero-order valence-corrected chi connectivity index (χ0v) is 12.2. The van der Waals surface area contributed by atoms with Gasteiger partial charge >= 0.3 is 0 Å². The number of carbonyl (C=O) groups is 1. The van der Waals surface area contributed by atoms with Crippen LogP contribution < -0.4 is 5.32 Å². The van der Waals surface area contributed by atoms with Crippen LogP contribution in [-0.4, -0.2) is 11.9 Å². The van der Waals surface area contributed by atoms with Crippen molar-refractivity contribution in [1.29, 1.82) is 0 Å². The van der Waals surface area contributed by atoms with Gasteiger partial charge in [-0.2, -0.15) is 0 Å². The molecule has 1 rings (SSSR count). The molecule has 2 atom stereocenters. The molecule has 1 amide bonds. The Morgan fingerprint density at radius 2 is 1.72 bits per heavy atom. The van der Waals surface area contributed by atoms with Crippen LogP contribution in [0.4, 0.5) is 0 Å². The highest BCUT2D eigenvalue weighted by Crippen LogP contribution is 2.25. The second kappa shape index (κ2) is 6.58. The van der Waals surface area contributed by atoms with Crippen molar-refractivity contribution in [3.8, 4) is 0 Å². The molecule has 0 heterocycles. The molecule has 2 nitrogen and oxygen atoms in total. The van der Waals surface area contributed by atoms with Crippen molar-refractivity contribution in [2.24, 2.45) is 5.92 Å². The highest BCUT2D eigenvalue weighted by molar-refractivity contribution is 5.84. The summed E-state index contributed by atoms with van der Waals surface area (Å²) in [7, 11) is 0. The van der Waals surface area contributed by atoms with Crippen LogP contribution >= 0.6 is 0 Å². The van der Waals surface area contributed by atoms with E-state index < -0.39 is 0 Å². The predicted octanol–water partition coefficient (Wildman–Crippen LogP) is 3.65. The number of hydrogen-bond acceptors (Lipinski definition) is 1. The molecule has 1 aromatic rings. The first kappa shape index (κ1) is 14.7. The second-order valence-electron chi connectivity index (χ2n) is 5.45. The normalized spacial score (nSPS) is 14.3. The van der Waals surface area contributed by atoms with E-state index in [2.05, 4.69) is 57.3 Å². The van der Waals surface area contributed by atoms with Crippen LogP contribution in [0.15, 0.2) is 24.3 Å². The van der Waals surface area contributed by atoms with Gasteiger partial charge in [0.25, 0.3) is 0 Å². The Labute approximate surface area is 111 Å². The van der Waals surface area contributed by atoms with Gasteiger partial charge in [0.2, 0.25) is 5.91 Å². The van der Waals surface area contributed by atoms with Crippen molar-refractivity contribution in [1.82, 2.24) is 5.32 Å². The maximum Gasteiger partial charge on any atom is 0.228 e. The lowest BCUT2D eigenvalue weighted by atomic mass is 9.87. The average Bonchev–Trinajstić information content (AvgIpc) is 2.31. The van der Waals surface area contributed by atoms with Gasteiger partial charge < -0.3 is 5.32 Å². The Bertz CT molecular complexity index is 381. The Morgan fingerprint density at radius 1 is 1.17 bits per heavy atom. The van der Waals surface area contributed by atoms with Crippen LogP contribution in [0.1, 0.15) is 51.2 Å². The van der Waals surface area contributed by atoms with Crippen LogP contribution in [0.3, 0.4) is 0 Å². The topological polar surface area (TPSA) is 29.1 Å². The van der Waals surface area contributed by atoms with Crippen LogP contribution in [0, 0.1) is 12.8 Å². The van der Waals surface area contributed by atoms with E-state index in [0.29, 0.717) is 5.92 Å². The molecule has 0 aliphatic carbocycles. The summed E-state index contributed by atoms with van der Waals surface area (Å²) in [4.78, 5) is 12.3. The number of rotatable bonds is 5. The summed E-state index contributed by atoms with van der Waals surface area (Å²) in [6, 6.07) is 8.51. The van der Waals surface area contributed by atoms with E-state index >= 15 is 0 Å². The van der Waals surface area contributed by atoms with E-state index in [-0.39, 0.29) is 17.9 Å². The van der Waals surface area contributed by atoms with Gasteiger partial charge in [-0.25, -0.2) is 0 Å². The fourth-order valence-corrected chi connectivity index (χ4v) is 2.05. The summed E-state index contributed by atoms with van der Waals surface area (Å²) in [5, 5.41) is 3.09. The molecule has 0 aliphatic heterocycles. The molecule has 2 unspecified atom stereocenters. The lowest BCUT2D eigenvalue weighted by Crippen LogP contribution is -2.37. The highest BCUT2D eigenvalue weighted by atomic mass is 16.1. The largest absolute Gasteiger partial charge is 0.353 e. The fourth-order valence-electron chi connectivity index (χ4n) is 2.05. The molecule has 0 saturated carbocycles. The summed E-state index contributed by atoms with van der Waals surface area (Å²) in [5.74, 6) is 0.388. The van der Waals surface area contributed by atoms with Gasteiger partial charge in [0.05, 0.1) is 5.92 Å². The van der Waals surface area contributed by atoms with Crippen LogP contribution in [0.2, 0.25) is 0 Å². The lowest BCUT2D eigenvalue weighted by Gasteiger charge is -2.23. The van der Waals surface area contributed by atoms with Gasteiger partial charge in [0.15, 0.2) is 0 Å². The van der Waals surface area contributed by atoms with Gasteiger partial charge in [0.1, 0.15) is 0 Å². The van der Waals surface area contributed by atoms with Gasteiger partial charge in [-0.1, -0.05) is 50.6 Å². The lowest BCUT2D eigenvalue weighted by molar-refractivity contribution is -0.124. The number of amides is 1. The van der Waals surface area contributed by atoms with E-state index in [9.17, 15) is 4.79 Å². The van der Waals surface area contributed by atoms with Crippen molar-refractivity contribution in [2.75, 3.05) is 0 Å². The number of aryl methyl sites for hydroxylation is 1. The third-order valence-electron chi connectivity index (χ3n) is 3.39. The molecule has 1 aromatic carbocycles. The van der Waals surface area contributed by atoms with E-state index in [0.717, 1.165) is 12.0 Å². The standard InChI is InChI=1S/C16H25NO/c1-6-13(5)17-16(18)15(11(2)3)14-9-7-12(4)8-10-14/h7-11,13,15H,6H2,1-5H3,(H,17,18). The average molecular weight is 247 g/mol. The smallest absolute Gasteiger partial charge is 0.228 e. The summed E-state index contributed by atoms with van der Waals surface area (Å²) < 4.78 is 0. The first-order chi connectivity index (χ1) is 8.45. The number of nitrogens with one attached hydrogen (secondary N) is 1. The third-order valence-corrected chi connectivity index (χ3v) is 3.39. The zero-order chi connectivity index (χ0) is 13.7. The molecule has 0 fully saturated rings. The van der Waals surface area contributed by atoms with Gasteiger partial charge in [-0.15, -0.1) is 0 Å². The first-order valence-electron chi connectivity index (χ1n) is 6.82. The molecule has 0 bridgehead atoms.